The van der Waals surface area contributed by atoms with Gasteiger partial charge >= 0.3 is 0 Å². The van der Waals surface area contributed by atoms with Crippen molar-refractivity contribution < 1.29 is 18.7 Å². The van der Waals surface area contributed by atoms with Gasteiger partial charge in [-0.05, 0) is 37.5 Å². The third-order valence-corrected chi connectivity index (χ3v) is 4.87. The topological polar surface area (TPSA) is 121 Å². The standard InChI is InChI=1S/C26H34FN7O3/c1-4-5-11-24(36)34(2)19-23(35)28-14-8-6-7-10-20-17-31-26(32-21-12-13-22(27)30-18-21)33-25(20)29-15-9-16-37-3/h5,11-13,17-18H,4,6,8-9,14-16,19H2,1-3H3,(H,28,35)(H2,29,31,32,33)/b11-5+. The molecule has 2 rings (SSSR count). The lowest BCUT2D eigenvalue weighted by Crippen LogP contribution is -2.38. The van der Waals surface area contributed by atoms with Crippen LogP contribution in [-0.2, 0) is 14.3 Å². The number of pyridine rings is 1. The first-order valence-electron chi connectivity index (χ1n) is 12.1. The highest BCUT2D eigenvalue weighted by atomic mass is 19.1. The number of hydrogen-bond donors (Lipinski definition) is 3. The zero-order valence-electron chi connectivity index (χ0n) is 21.5. The minimum Gasteiger partial charge on any atom is -0.385 e. The molecule has 11 heteroatoms. The van der Waals surface area contributed by atoms with Crippen molar-refractivity contribution >= 4 is 29.3 Å². The summed E-state index contributed by atoms with van der Waals surface area (Å²) in [5, 5.41) is 9.04. The molecule has 0 aliphatic heterocycles. The summed E-state index contributed by atoms with van der Waals surface area (Å²) in [6, 6.07) is 2.79. The van der Waals surface area contributed by atoms with E-state index in [1.165, 1.54) is 23.2 Å². The molecule has 0 spiro atoms. The minimum atomic E-state index is -0.570. The molecule has 2 aromatic heterocycles. The van der Waals surface area contributed by atoms with Gasteiger partial charge in [-0.1, -0.05) is 24.8 Å². The van der Waals surface area contributed by atoms with Crippen molar-refractivity contribution in [1.82, 2.24) is 25.2 Å². The maximum absolute atomic E-state index is 13.1. The molecule has 2 heterocycles. The van der Waals surface area contributed by atoms with Crippen LogP contribution in [0.2, 0.25) is 0 Å². The summed E-state index contributed by atoms with van der Waals surface area (Å²) in [4.78, 5) is 37.6. The highest BCUT2D eigenvalue weighted by molar-refractivity contribution is 5.91. The number of rotatable bonds is 14. The number of nitrogens with one attached hydrogen (secondary N) is 3. The Kier molecular flexibility index (Phi) is 13.1. The molecule has 0 aromatic carbocycles. The Morgan fingerprint density at radius 1 is 1.19 bits per heavy atom. The molecule has 0 saturated carbocycles. The molecule has 10 nitrogen and oxygen atoms in total. The fraction of sp³-hybridized carbons (Fsp3) is 0.423. The first-order valence-corrected chi connectivity index (χ1v) is 12.1. The van der Waals surface area contributed by atoms with Crippen molar-refractivity contribution in [1.29, 1.82) is 0 Å². The Balaban J connectivity index is 1.89. The van der Waals surface area contributed by atoms with Gasteiger partial charge in [0.1, 0.15) is 5.82 Å². The van der Waals surface area contributed by atoms with Crippen molar-refractivity contribution in [2.24, 2.45) is 0 Å². The lowest BCUT2D eigenvalue weighted by Gasteiger charge is -2.14. The van der Waals surface area contributed by atoms with E-state index in [9.17, 15) is 14.0 Å². The summed E-state index contributed by atoms with van der Waals surface area (Å²) in [6.07, 6.45) is 8.95. The first-order chi connectivity index (χ1) is 17.9. The van der Waals surface area contributed by atoms with E-state index in [-0.39, 0.29) is 18.4 Å². The molecule has 0 aliphatic rings. The van der Waals surface area contributed by atoms with Crippen molar-refractivity contribution in [3.63, 3.8) is 0 Å². The molecule has 0 atom stereocenters. The highest BCUT2D eigenvalue weighted by Crippen LogP contribution is 2.17. The van der Waals surface area contributed by atoms with Crippen molar-refractivity contribution in [3.8, 4) is 11.8 Å². The number of ether oxygens (including phenoxy) is 1. The average Bonchev–Trinajstić information content (AvgIpc) is 2.89. The monoisotopic (exact) mass is 511 g/mol. The SMILES string of the molecule is CC/C=C/C(=O)N(C)CC(=O)NCCCC#Cc1cnc(Nc2ccc(F)nc2)nc1NCCCOC. The quantitative estimate of drug-likeness (QED) is 0.153. The Bertz CT molecular complexity index is 1100. The van der Waals surface area contributed by atoms with Gasteiger partial charge in [-0.15, -0.1) is 0 Å². The second kappa shape index (κ2) is 16.6. The van der Waals surface area contributed by atoms with E-state index in [0.717, 1.165) is 12.8 Å². The number of likely N-dealkylation sites (N-methyl/N-ethyl adjacent to an activating group) is 1. The van der Waals surface area contributed by atoms with E-state index in [1.54, 1.807) is 32.5 Å². The average molecular weight is 512 g/mol. The number of carbonyl (C=O) groups excluding carboxylic acids is 2. The van der Waals surface area contributed by atoms with Gasteiger partial charge in [0.25, 0.3) is 0 Å². The number of methoxy groups -OCH3 is 1. The highest BCUT2D eigenvalue weighted by Gasteiger charge is 2.10. The van der Waals surface area contributed by atoms with Crippen LogP contribution in [0.15, 0.2) is 36.7 Å². The Hall–Kier alpha value is -4.04. The fourth-order valence-electron chi connectivity index (χ4n) is 2.93. The number of hydrogen-bond acceptors (Lipinski definition) is 8. The molecule has 3 N–H and O–H groups in total. The Labute approximate surface area is 217 Å². The third-order valence-electron chi connectivity index (χ3n) is 4.87. The summed E-state index contributed by atoms with van der Waals surface area (Å²) in [6.45, 7) is 3.63. The van der Waals surface area contributed by atoms with Crippen LogP contribution < -0.4 is 16.0 Å². The molecule has 2 amide bonds. The van der Waals surface area contributed by atoms with Gasteiger partial charge in [0, 0.05) is 40.3 Å². The Morgan fingerprint density at radius 3 is 2.76 bits per heavy atom. The Morgan fingerprint density at radius 2 is 2.03 bits per heavy atom. The number of unbranched alkanes of at least 4 members (excludes halogenated alkanes) is 1. The molecule has 0 saturated heterocycles. The third kappa shape index (κ3) is 11.5. The van der Waals surface area contributed by atoms with E-state index < -0.39 is 5.95 Å². The normalized spacial score (nSPS) is 10.5. The van der Waals surface area contributed by atoms with Gasteiger partial charge in [0.05, 0.1) is 30.2 Å². The maximum atomic E-state index is 13.1. The smallest absolute Gasteiger partial charge is 0.246 e. The molecule has 2 aromatic rings. The summed E-state index contributed by atoms with van der Waals surface area (Å²) in [5.74, 6) is 6.06. The zero-order valence-corrected chi connectivity index (χ0v) is 21.5. The molecule has 198 valence electrons. The fourth-order valence-corrected chi connectivity index (χ4v) is 2.93. The second-order valence-electron chi connectivity index (χ2n) is 7.98. The molecular formula is C26H34FN7O3. The first kappa shape index (κ1) is 29.2. The number of allylic oxidation sites excluding steroid dienone is 1. The largest absolute Gasteiger partial charge is 0.385 e. The number of carbonyl (C=O) groups is 2. The molecule has 0 unspecified atom stereocenters. The number of aromatic nitrogens is 3. The van der Waals surface area contributed by atoms with Crippen molar-refractivity contribution in [2.75, 3.05) is 51.0 Å². The predicted octanol–water partition coefficient (Wildman–Crippen LogP) is 2.88. The van der Waals surface area contributed by atoms with Gasteiger partial charge in [0.15, 0.2) is 0 Å². The maximum Gasteiger partial charge on any atom is 0.246 e. The van der Waals surface area contributed by atoms with Crippen LogP contribution in [0.4, 0.5) is 21.8 Å². The van der Waals surface area contributed by atoms with Crippen LogP contribution in [0.25, 0.3) is 0 Å². The molecule has 0 radical (unpaired) electrons. The van der Waals surface area contributed by atoms with E-state index in [4.69, 9.17) is 4.74 Å². The van der Waals surface area contributed by atoms with Gasteiger partial charge < -0.3 is 25.6 Å². The summed E-state index contributed by atoms with van der Waals surface area (Å²) < 4.78 is 18.1. The predicted molar refractivity (Wildman–Crippen MR) is 141 cm³/mol. The van der Waals surface area contributed by atoms with Crippen molar-refractivity contribution in [3.05, 3.63) is 48.2 Å². The van der Waals surface area contributed by atoms with Crippen LogP contribution in [0, 0.1) is 17.8 Å². The van der Waals surface area contributed by atoms with Crippen LogP contribution >= 0.6 is 0 Å². The molecular weight excluding hydrogens is 477 g/mol. The summed E-state index contributed by atoms with van der Waals surface area (Å²) in [5.41, 5.74) is 1.19. The van der Waals surface area contributed by atoms with Gasteiger partial charge in [-0.25, -0.2) is 9.97 Å². The van der Waals surface area contributed by atoms with Crippen molar-refractivity contribution in [2.45, 2.75) is 32.6 Å². The summed E-state index contributed by atoms with van der Waals surface area (Å²) >= 11 is 0. The van der Waals surface area contributed by atoms with Crippen LogP contribution in [0.1, 0.15) is 38.2 Å². The van der Waals surface area contributed by atoms with Crippen LogP contribution in [0.3, 0.4) is 0 Å². The van der Waals surface area contributed by atoms with Crippen LogP contribution in [0.5, 0.6) is 0 Å². The minimum absolute atomic E-state index is 0.00236. The second-order valence-corrected chi connectivity index (χ2v) is 7.98. The van der Waals surface area contributed by atoms with E-state index in [1.807, 2.05) is 6.92 Å². The zero-order chi connectivity index (χ0) is 26.9. The van der Waals surface area contributed by atoms with Crippen LogP contribution in [-0.4, -0.2) is 72.1 Å². The van der Waals surface area contributed by atoms with E-state index >= 15 is 0 Å². The van der Waals surface area contributed by atoms with Gasteiger partial charge in [-0.3, -0.25) is 9.59 Å². The van der Waals surface area contributed by atoms with E-state index in [2.05, 4.69) is 42.7 Å². The van der Waals surface area contributed by atoms with E-state index in [0.29, 0.717) is 55.6 Å². The lowest BCUT2D eigenvalue weighted by atomic mass is 10.2. The molecule has 0 bridgehead atoms. The lowest BCUT2D eigenvalue weighted by molar-refractivity contribution is -0.131. The molecule has 0 aliphatic carbocycles. The number of halogens is 1. The number of nitrogens with zero attached hydrogens (tertiary/aromatic N) is 4. The molecule has 37 heavy (non-hydrogen) atoms. The van der Waals surface area contributed by atoms with Gasteiger partial charge in [-0.2, -0.15) is 9.37 Å². The molecule has 0 fully saturated rings. The number of amides is 2. The van der Waals surface area contributed by atoms with Gasteiger partial charge in [0.2, 0.25) is 23.7 Å². The number of anilines is 3. The summed E-state index contributed by atoms with van der Waals surface area (Å²) in [7, 11) is 3.24.